The van der Waals surface area contributed by atoms with Crippen LogP contribution in [0.25, 0.3) is 0 Å². The van der Waals surface area contributed by atoms with E-state index in [1.165, 1.54) is 19.2 Å². The van der Waals surface area contributed by atoms with Gasteiger partial charge in [-0.1, -0.05) is 29.8 Å². The van der Waals surface area contributed by atoms with Crippen LogP contribution in [0.2, 0.25) is 5.02 Å². The first-order chi connectivity index (χ1) is 9.13. The third-order valence-corrected chi connectivity index (χ3v) is 2.98. The molecule has 2 aromatic carbocycles. The molecule has 2 rings (SSSR count). The lowest BCUT2D eigenvalue weighted by Crippen LogP contribution is -2.04. The van der Waals surface area contributed by atoms with Crippen molar-refractivity contribution in [3.63, 3.8) is 0 Å². The Bertz CT molecular complexity index is 590. The number of ether oxygens (including phenoxy) is 1. The highest BCUT2D eigenvalue weighted by molar-refractivity contribution is 6.31. The van der Waals surface area contributed by atoms with Crippen LogP contribution < -0.4 is 10.1 Å². The molecule has 2 nitrogen and oxygen atoms in total. The number of nitrogens with one attached hydrogen (secondary N) is 1. The summed E-state index contributed by atoms with van der Waals surface area (Å²) in [5.41, 5.74) is 0.619. The maximum atomic E-state index is 13.9. The van der Waals surface area contributed by atoms with E-state index in [2.05, 4.69) is 5.32 Å². The second-order valence-corrected chi connectivity index (χ2v) is 4.30. The topological polar surface area (TPSA) is 21.3 Å². The minimum absolute atomic E-state index is 0.0242. The first-order valence-corrected chi connectivity index (χ1v) is 6.00. The first kappa shape index (κ1) is 13.6. The molecule has 0 aliphatic rings. The van der Waals surface area contributed by atoms with Gasteiger partial charge in [0.25, 0.3) is 0 Å². The Morgan fingerprint density at radius 1 is 1.11 bits per heavy atom. The zero-order chi connectivity index (χ0) is 13.8. The fraction of sp³-hybridized carbons (Fsp3) is 0.143. The summed E-state index contributed by atoms with van der Waals surface area (Å²) in [6.45, 7) is 0.139. The number of hydrogen-bond donors (Lipinski definition) is 1. The maximum Gasteiger partial charge on any atom is 0.170 e. The largest absolute Gasteiger partial charge is 0.494 e. The Labute approximate surface area is 115 Å². The Morgan fingerprint density at radius 3 is 2.58 bits per heavy atom. The molecule has 0 saturated heterocycles. The van der Waals surface area contributed by atoms with Gasteiger partial charge in [-0.05, 0) is 18.2 Å². The third kappa shape index (κ3) is 2.96. The highest BCUT2D eigenvalue weighted by Gasteiger charge is 2.10. The predicted molar refractivity (Wildman–Crippen MR) is 71.7 cm³/mol. The normalized spacial score (nSPS) is 10.3. The van der Waals surface area contributed by atoms with E-state index in [1.807, 2.05) is 0 Å². The lowest BCUT2D eigenvalue weighted by molar-refractivity contribution is 0.384. The molecule has 0 amide bonds. The molecule has 0 saturated carbocycles. The number of halogens is 3. The predicted octanol–water partition coefficient (Wildman–Crippen LogP) is 4.24. The zero-order valence-electron chi connectivity index (χ0n) is 10.2. The summed E-state index contributed by atoms with van der Waals surface area (Å²) in [4.78, 5) is 0. The van der Waals surface area contributed by atoms with Crippen LogP contribution >= 0.6 is 11.6 Å². The van der Waals surface area contributed by atoms with Gasteiger partial charge in [0.05, 0.1) is 17.8 Å². The highest BCUT2D eigenvalue weighted by atomic mass is 35.5. The molecule has 0 aromatic heterocycles. The van der Waals surface area contributed by atoms with E-state index >= 15 is 0 Å². The second kappa shape index (κ2) is 5.89. The molecule has 0 heterocycles. The van der Waals surface area contributed by atoms with Crippen LogP contribution in [0.3, 0.4) is 0 Å². The van der Waals surface area contributed by atoms with Crippen LogP contribution in [0.4, 0.5) is 14.5 Å². The Hall–Kier alpha value is -1.81. The summed E-state index contributed by atoms with van der Waals surface area (Å²) >= 11 is 5.67. The maximum absolute atomic E-state index is 13.9. The summed E-state index contributed by atoms with van der Waals surface area (Å²) in [5.74, 6) is -0.849. The van der Waals surface area contributed by atoms with E-state index in [-0.39, 0.29) is 23.0 Å². The molecule has 0 unspecified atom stereocenters. The van der Waals surface area contributed by atoms with Gasteiger partial charge in [0, 0.05) is 12.1 Å². The highest BCUT2D eigenvalue weighted by Crippen LogP contribution is 2.24. The monoisotopic (exact) mass is 283 g/mol. The molecular formula is C14H12ClF2NO. The molecule has 19 heavy (non-hydrogen) atoms. The third-order valence-electron chi connectivity index (χ3n) is 2.68. The van der Waals surface area contributed by atoms with E-state index in [4.69, 9.17) is 16.3 Å². The van der Waals surface area contributed by atoms with Crippen LogP contribution in [0.1, 0.15) is 5.56 Å². The van der Waals surface area contributed by atoms with Crippen molar-refractivity contribution in [2.45, 2.75) is 6.54 Å². The molecule has 2 aromatic rings. The van der Waals surface area contributed by atoms with Gasteiger partial charge in [-0.15, -0.1) is 0 Å². The molecule has 5 heteroatoms. The van der Waals surface area contributed by atoms with E-state index in [9.17, 15) is 8.78 Å². The van der Waals surface area contributed by atoms with E-state index < -0.39 is 11.6 Å². The van der Waals surface area contributed by atoms with Crippen molar-refractivity contribution in [2.24, 2.45) is 0 Å². The van der Waals surface area contributed by atoms with Crippen LogP contribution in [0, 0.1) is 11.6 Å². The first-order valence-electron chi connectivity index (χ1n) is 5.62. The van der Waals surface area contributed by atoms with Crippen molar-refractivity contribution < 1.29 is 13.5 Å². The SMILES string of the molecule is COc1cccc(CNc2cccc(Cl)c2F)c1F. The lowest BCUT2D eigenvalue weighted by Gasteiger charge is -2.10. The number of anilines is 1. The van der Waals surface area contributed by atoms with Gasteiger partial charge < -0.3 is 10.1 Å². The van der Waals surface area contributed by atoms with Gasteiger partial charge in [0.1, 0.15) is 0 Å². The van der Waals surface area contributed by atoms with E-state index in [1.54, 1.807) is 24.3 Å². The van der Waals surface area contributed by atoms with Crippen molar-refractivity contribution in [1.29, 1.82) is 0 Å². The molecule has 0 radical (unpaired) electrons. The smallest absolute Gasteiger partial charge is 0.170 e. The van der Waals surface area contributed by atoms with Gasteiger partial charge in [-0.2, -0.15) is 0 Å². The zero-order valence-corrected chi connectivity index (χ0v) is 11.0. The van der Waals surface area contributed by atoms with Crippen LogP contribution in [0.5, 0.6) is 5.75 Å². The number of benzene rings is 2. The molecule has 0 fully saturated rings. The summed E-state index contributed by atoms with van der Waals surface area (Å²) in [6, 6.07) is 9.42. The van der Waals surface area contributed by atoms with Crippen molar-refractivity contribution >= 4 is 17.3 Å². The molecule has 0 spiro atoms. The Morgan fingerprint density at radius 2 is 1.84 bits per heavy atom. The average Bonchev–Trinajstić information content (AvgIpc) is 2.42. The summed E-state index contributed by atoms with van der Waals surface area (Å²) in [7, 11) is 1.40. The van der Waals surface area contributed by atoms with Crippen molar-refractivity contribution in [1.82, 2.24) is 0 Å². The van der Waals surface area contributed by atoms with Crippen LogP contribution in [-0.2, 0) is 6.54 Å². The summed E-state index contributed by atoms with van der Waals surface area (Å²) < 4.78 is 32.4. The summed E-state index contributed by atoms with van der Waals surface area (Å²) in [6.07, 6.45) is 0. The van der Waals surface area contributed by atoms with E-state index in [0.717, 1.165) is 0 Å². The van der Waals surface area contributed by atoms with Crippen LogP contribution in [0.15, 0.2) is 36.4 Å². The molecule has 0 atom stereocenters. The number of methoxy groups -OCH3 is 1. The molecular weight excluding hydrogens is 272 g/mol. The lowest BCUT2D eigenvalue weighted by atomic mass is 10.2. The molecule has 100 valence electrons. The van der Waals surface area contributed by atoms with Crippen molar-refractivity contribution in [3.8, 4) is 5.75 Å². The molecule has 0 aliphatic heterocycles. The van der Waals surface area contributed by atoms with Crippen molar-refractivity contribution in [3.05, 3.63) is 58.6 Å². The second-order valence-electron chi connectivity index (χ2n) is 3.89. The Balaban J connectivity index is 2.17. The van der Waals surface area contributed by atoms with Gasteiger partial charge in [0.15, 0.2) is 17.4 Å². The quantitative estimate of drug-likeness (QED) is 0.906. The Kier molecular flexibility index (Phi) is 4.22. The minimum atomic E-state index is -0.549. The number of rotatable bonds is 4. The number of hydrogen-bond acceptors (Lipinski definition) is 2. The van der Waals surface area contributed by atoms with E-state index in [0.29, 0.717) is 5.56 Å². The standard InChI is InChI=1S/C14H12ClF2NO/c1-19-12-7-2-4-9(13(12)16)8-18-11-6-3-5-10(15)14(11)17/h2-7,18H,8H2,1H3. The fourth-order valence-corrected chi connectivity index (χ4v) is 1.86. The fourth-order valence-electron chi connectivity index (χ4n) is 1.68. The van der Waals surface area contributed by atoms with Crippen molar-refractivity contribution in [2.75, 3.05) is 12.4 Å². The summed E-state index contributed by atoms with van der Waals surface area (Å²) in [5, 5.41) is 2.83. The minimum Gasteiger partial charge on any atom is -0.494 e. The molecule has 0 aliphatic carbocycles. The average molecular weight is 284 g/mol. The van der Waals surface area contributed by atoms with Gasteiger partial charge in [-0.3, -0.25) is 0 Å². The van der Waals surface area contributed by atoms with Gasteiger partial charge in [-0.25, -0.2) is 8.78 Å². The van der Waals surface area contributed by atoms with Gasteiger partial charge >= 0.3 is 0 Å². The molecule has 0 bridgehead atoms. The van der Waals surface area contributed by atoms with Gasteiger partial charge in [0.2, 0.25) is 0 Å². The van der Waals surface area contributed by atoms with Crippen LogP contribution in [-0.4, -0.2) is 7.11 Å². The molecule has 1 N–H and O–H groups in total.